The molecule has 2 N–H and O–H groups in total. The molecular weight excluding hydrogens is 258 g/mol. The van der Waals surface area contributed by atoms with Crippen molar-refractivity contribution >= 4 is 5.91 Å². The molecule has 1 rings (SSSR count). The summed E-state index contributed by atoms with van der Waals surface area (Å²) in [7, 11) is 1.62. The van der Waals surface area contributed by atoms with Gasteiger partial charge in [0.15, 0.2) is 0 Å². The van der Waals surface area contributed by atoms with Crippen LogP contribution in [0.15, 0.2) is 0 Å². The van der Waals surface area contributed by atoms with Gasteiger partial charge in [0.25, 0.3) is 0 Å². The zero-order valence-electron chi connectivity index (χ0n) is 13.2. The number of carbonyl (C=O) groups excluding carboxylic acids is 1. The molecular formula is C14H29N3O3. The molecule has 6 nitrogen and oxygen atoms in total. The van der Waals surface area contributed by atoms with Gasteiger partial charge >= 0.3 is 0 Å². The van der Waals surface area contributed by atoms with Crippen molar-refractivity contribution in [2.24, 2.45) is 0 Å². The van der Waals surface area contributed by atoms with E-state index in [0.717, 1.165) is 26.2 Å². The van der Waals surface area contributed by atoms with Gasteiger partial charge in [0.2, 0.25) is 5.91 Å². The quantitative estimate of drug-likeness (QED) is 0.620. The molecule has 0 spiro atoms. The summed E-state index contributed by atoms with van der Waals surface area (Å²) in [5.74, 6) is 0.0537. The Morgan fingerprint density at radius 1 is 1.35 bits per heavy atom. The van der Waals surface area contributed by atoms with E-state index in [1.165, 1.54) is 0 Å². The zero-order valence-corrected chi connectivity index (χ0v) is 13.2. The van der Waals surface area contributed by atoms with Gasteiger partial charge in [-0.3, -0.25) is 14.6 Å². The van der Waals surface area contributed by atoms with Gasteiger partial charge in [-0.2, -0.15) is 0 Å². The largest absolute Gasteiger partial charge is 0.389 e. The third kappa shape index (κ3) is 6.17. The maximum Gasteiger partial charge on any atom is 0.237 e. The molecule has 1 aliphatic heterocycles. The van der Waals surface area contributed by atoms with E-state index in [9.17, 15) is 9.90 Å². The van der Waals surface area contributed by atoms with Gasteiger partial charge in [0.05, 0.1) is 18.2 Å². The lowest BCUT2D eigenvalue weighted by atomic mass is 10.1. The number of nitrogens with zero attached hydrogens (tertiary/aromatic N) is 2. The summed E-state index contributed by atoms with van der Waals surface area (Å²) in [5.41, 5.74) is -0.661. The molecule has 0 radical (unpaired) electrons. The van der Waals surface area contributed by atoms with Crippen molar-refractivity contribution in [2.45, 2.75) is 32.4 Å². The van der Waals surface area contributed by atoms with Crippen molar-refractivity contribution in [3.63, 3.8) is 0 Å². The Balaban J connectivity index is 2.31. The number of β-amino-alcohol motifs (C(OH)–C–C–N with tert-alkyl or cyclic N) is 1. The predicted octanol–water partition coefficient (Wildman–Crippen LogP) is -0.474. The van der Waals surface area contributed by atoms with Crippen molar-refractivity contribution in [1.82, 2.24) is 15.1 Å². The lowest BCUT2D eigenvalue weighted by Gasteiger charge is -2.39. The molecule has 1 amide bonds. The summed E-state index contributed by atoms with van der Waals surface area (Å²) in [6.45, 7) is 10.8. The molecule has 0 aromatic heterocycles. The summed E-state index contributed by atoms with van der Waals surface area (Å²) in [6.07, 6.45) is 0. The third-order valence-corrected chi connectivity index (χ3v) is 3.55. The fraction of sp³-hybridized carbons (Fsp3) is 0.929. The van der Waals surface area contributed by atoms with Crippen LogP contribution in [0.4, 0.5) is 0 Å². The lowest BCUT2D eigenvalue weighted by Crippen LogP contribution is -2.55. The number of ether oxygens (including phenoxy) is 1. The van der Waals surface area contributed by atoms with E-state index >= 15 is 0 Å². The number of rotatable bonds is 7. The highest BCUT2D eigenvalue weighted by molar-refractivity contribution is 5.81. The lowest BCUT2D eigenvalue weighted by molar-refractivity contribution is -0.127. The molecule has 1 aliphatic rings. The molecule has 1 unspecified atom stereocenters. The van der Waals surface area contributed by atoms with Gasteiger partial charge in [0, 0.05) is 46.4 Å². The topological polar surface area (TPSA) is 65.0 Å². The van der Waals surface area contributed by atoms with Gasteiger partial charge in [0.1, 0.15) is 0 Å². The van der Waals surface area contributed by atoms with Crippen LogP contribution in [-0.2, 0) is 9.53 Å². The minimum absolute atomic E-state index is 0.0537. The van der Waals surface area contributed by atoms with Crippen LogP contribution in [0.25, 0.3) is 0 Å². The SMILES string of the molecule is COCCNC(=O)C(C)N1CCN(CC(C)(C)O)CC1. The summed E-state index contributed by atoms with van der Waals surface area (Å²) >= 11 is 0. The molecule has 0 aromatic rings. The fourth-order valence-corrected chi connectivity index (χ4v) is 2.45. The monoisotopic (exact) mass is 287 g/mol. The Kier molecular flexibility index (Phi) is 6.88. The fourth-order valence-electron chi connectivity index (χ4n) is 2.45. The Labute approximate surface area is 122 Å². The number of nitrogens with one attached hydrogen (secondary N) is 1. The van der Waals surface area contributed by atoms with Gasteiger partial charge < -0.3 is 15.2 Å². The van der Waals surface area contributed by atoms with Crippen LogP contribution in [0.1, 0.15) is 20.8 Å². The van der Waals surface area contributed by atoms with E-state index in [2.05, 4.69) is 15.1 Å². The van der Waals surface area contributed by atoms with Crippen molar-refractivity contribution in [3.05, 3.63) is 0 Å². The first-order valence-electron chi connectivity index (χ1n) is 7.29. The third-order valence-electron chi connectivity index (χ3n) is 3.55. The van der Waals surface area contributed by atoms with E-state index in [1.807, 2.05) is 20.8 Å². The molecule has 1 saturated heterocycles. The van der Waals surface area contributed by atoms with E-state index in [0.29, 0.717) is 19.7 Å². The molecule has 1 fully saturated rings. The van der Waals surface area contributed by atoms with Crippen LogP contribution in [0.5, 0.6) is 0 Å². The maximum absolute atomic E-state index is 12.0. The van der Waals surface area contributed by atoms with E-state index in [1.54, 1.807) is 7.11 Å². The van der Waals surface area contributed by atoms with Gasteiger partial charge in [-0.1, -0.05) is 0 Å². The van der Waals surface area contributed by atoms with E-state index in [-0.39, 0.29) is 11.9 Å². The average Bonchev–Trinajstić information content (AvgIpc) is 2.37. The van der Waals surface area contributed by atoms with Crippen LogP contribution in [0, 0.1) is 0 Å². The number of hydrogen-bond acceptors (Lipinski definition) is 5. The number of aliphatic hydroxyl groups is 1. The number of hydrogen-bond donors (Lipinski definition) is 2. The number of piperazine rings is 1. The number of amides is 1. The number of carbonyl (C=O) groups is 1. The van der Waals surface area contributed by atoms with Crippen LogP contribution in [0.3, 0.4) is 0 Å². The molecule has 0 aliphatic carbocycles. The molecule has 20 heavy (non-hydrogen) atoms. The minimum atomic E-state index is -0.661. The average molecular weight is 287 g/mol. The van der Waals surface area contributed by atoms with Crippen molar-refractivity contribution in [2.75, 3.05) is 53.0 Å². The molecule has 0 bridgehead atoms. The van der Waals surface area contributed by atoms with Gasteiger partial charge in [-0.25, -0.2) is 0 Å². The van der Waals surface area contributed by atoms with Crippen molar-refractivity contribution < 1.29 is 14.6 Å². The summed E-state index contributed by atoms with van der Waals surface area (Å²) in [4.78, 5) is 16.4. The Bertz CT molecular complexity index is 297. The van der Waals surface area contributed by atoms with Gasteiger partial charge in [-0.15, -0.1) is 0 Å². The van der Waals surface area contributed by atoms with E-state index in [4.69, 9.17) is 4.74 Å². The molecule has 118 valence electrons. The standard InChI is InChI=1S/C14H29N3O3/c1-12(13(18)15-5-10-20-4)17-8-6-16(7-9-17)11-14(2,3)19/h12,19H,5-11H2,1-4H3,(H,15,18). The van der Waals surface area contributed by atoms with E-state index < -0.39 is 5.60 Å². The van der Waals surface area contributed by atoms with Gasteiger partial charge in [-0.05, 0) is 20.8 Å². The second-order valence-electron chi connectivity index (χ2n) is 6.08. The Morgan fingerprint density at radius 2 is 1.95 bits per heavy atom. The first kappa shape index (κ1) is 17.4. The second-order valence-corrected chi connectivity index (χ2v) is 6.08. The normalized spacial score (nSPS) is 19.9. The summed E-state index contributed by atoms with van der Waals surface area (Å²) in [6, 6.07) is -0.115. The van der Waals surface area contributed by atoms with Crippen molar-refractivity contribution in [3.8, 4) is 0 Å². The Morgan fingerprint density at radius 3 is 2.45 bits per heavy atom. The van der Waals surface area contributed by atoms with Crippen LogP contribution >= 0.6 is 0 Å². The highest BCUT2D eigenvalue weighted by Crippen LogP contribution is 2.10. The minimum Gasteiger partial charge on any atom is -0.389 e. The van der Waals surface area contributed by atoms with Crippen LogP contribution < -0.4 is 5.32 Å². The van der Waals surface area contributed by atoms with Crippen LogP contribution in [0.2, 0.25) is 0 Å². The summed E-state index contributed by atoms with van der Waals surface area (Å²) in [5, 5.41) is 12.7. The molecule has 1 heterocycles. The smallest absolute Gasteiger partial charge is 0.237 e. The Hall–Kier alpha value is -0.690. The molecule has 1 atom stereocenters. The molecule has 0 saturated carbocycles. The first-order valence-corrected chi connectivity index (χ1v) is 7.29. The highest BCUT2D eigenvalue weighted by atomic mass is 16.5. The molecule has 6 heteroatoms. The second kappa shape index (κ2) is 7.93. The zero-order chi connectivity index (χ0) is 15.2. The van der Waals surface area contributed by atoms with Crippen LogP contribution in [-0.4, -0.2) is 85.4 Å². The predicted molar refractivity (Wildman–Crippen MR) is 78.7 cm³/mol. The molecule has 0 aromatic carbocycles. The highest BCUT2D eigenvalue weighted by Gasteiger charge is 2.27. The first-order chi connectivity index (χ1) is 9.33. The maximum atomic E-state index is 12.0. The van der Waals surface area contributed by atoms with Crippen molar-refractivity contribution in [1.29, 1.82) is 0 Å². The number of methoxy groups -OCH3 is 1. The summed E-state index contributed by atoms with van der Waals surface area (Å²) < 4.78 is 4.92.